The zero-order valence-corrected chi connectivity index (χ0v) is 14.6. The van der Waals surface area contributed by atoms with Gasteiger partial charge in [0.1, 0.15) is 5.69 Å². The largest absolute Gasteiger partial charge is 0.337 e. The Labute approximate surface area is 143 Å². The molecule has 0 saturated carbocycles. The maximum atomic E-state index is 12.7. The highest BCUT2D eigenvalue weighted by Crippen LogP contribution is 2.18. The van der Waals surface area contributed by atoms with Crippen molar-refractivity contribution in [2.24, 2.45) is 5.92 Å². The molecule has 0 bridgehead atoms. The molecule has 0 unspecified atom stereocenters. The number of amides is 2. The van der Waals surface area contributed by atoms with Gasteiger partial charge in [0.05, 0.1) is 0 Å². The van der Waals surface area contributed by atoms with Gasteiger partial charge in [0.25, 0.3) is 11.8 Å². The minimum absolute atomic E-state index is 0.00758. The van der Waals surface area contributed by atoms with Gasteiger partial charge in [-0.25, -0.2) is 0 Å². The SMILES string of the molecule is CC1CCN(C(=O)c2cc(C(=O)N3CCN(C)CC3)ccn2)CC1. The number of hydrogen-bond donors (Lipinski definition) is 0. The van der Waals surface area contributed by atoms with Gasteiger partial charge in [-0.3, -0.25) is 14.6 Å². The molecule has 2 fully saturated rings. The molecule has 0 radical (unpaired) electrons. The molecule has 3 heterocycles. The number of likely N-dealkylation sites (N-methyl/N-ethyl adjacent to an activating group) is 1. The zero-order valence-electron chi connectivity index (χ0n) is 14.6. The molecule has 0 aliphatic carbocycles. The lowest BCUT2D eigenvalue weighted by Gasteiger charge is -2.32. The van der Waals surface area contributed by atoms with E-state index in [9.17, 15) is 9.59 Å². The second-order valence-corrected chi connectivity index (χ2v) is 7.00. The first-order valence-electron chi connectivity index (χ1n) is 8.78. The normalized spacial score (nSPS) is 20.2. The molecule has 1 aromatic rings. The van der Waals surface area contributed by atoms with E-state index in [0.29, 0.717) is 17.2 Å². The molecule has 2 amide bonds. The average molecular weight is 330 g/mol. The Balaban J connectivity index is 1.69. The van der Waals surface area contributed by atoms with Crippen molar-refractivity contribution in [3.63, 3.8) is 0 Å². The monoisotopic (exact) mass is 330 g/mol. The molecule has 6 nitrogen and oxygen atoms in total. The summed E-state index contributed by atoms with van der Waals surface area (Å²) in [6.07, 6.45) is 3.64. The molecular weight excluding hydrogens is 304 g/mol. The Morgan fingerprint density at radius 1 is 1.00 bits per heavy atom. The summed E-state index contributed by atoms with van der Waals surface area (Å²) in [6.45, 7) is 6.99. The van der Waals surface area contributed by atoms with Crippen LogP contribution in [0.2, 0.25) is 0 Å². The van der Waals surface area contributed by atoms with E-state index >= 15 is 0 Å². The minimum atomic E-state index is -0.0603. The number of carbonyl (C=O) groups is 2. The highest BCUT2D eigenvalue weighted by molar-refractivity contribution is 5.98. The second-order valence-electron chi connectivity index (χ2n) is 7.00. The Morgan fingerprint density at radius 3 is 2.29 bits per heavy atom. The Morgan fingerprint density at radius 2 is 1.62 bits per heavy atom. The third kappa shape index (κ3) is 3.75. The van der Waals surface area contributed by atoms with Crippen molar-refractivity contribution in [1.29, 1.82) is 0 Å². The molecule has 2 aliphatic rings. The summed E-state index contributed by atoms with van der Waals surface area (Å²) in [5, 5.41) is 0. The van der Waals surface area contributed by atoms with Gasteiger partial charge >= 0.3 is 0 Å². The van der Waals surface area contributed by atoms with Crippen molar-refractivity contribution >= 4 is 11.8 Å². The van der Waals surface area contributed by atoms with E-state index in [1.807, 2.05) is 9.80 Å². The summed E-state index contributed by atoms with van der Waals surface area (Å²) in [4.78, 5) is 35.4. The number of nitrogens with zero attached hydrogens (tertiary/aromatic N) is 4. The van der Waals surface area contributed by atoms with E-state index in [2.05, 4.69) is 23.9 Å². The highest BCUT2D eigenvalue weighted by Gasteiger charge is 2.24. The Bertz CT molecular complexity index is 554. The van der Waals surface area contributed by atoms with Crippen LogP contribution in [0.25, 0.3) is 0 Å². The quantitative estimate of drug-likeness (QED) is 0.821. The van der Waals surface area contributed by atoms with Crippen molar-refractivity contribution in [2.45, 2.75) is 19.8 Å². The highest BCUT2D eigenvalue weighted by atomic mass is 16.2. The Kier molecular flexibility index (Phi) is 5.14. The number of carbonyl (C=O) groups excluding carboxylic acids is 2. The number of rotatable bonds is 2. The zero-order chi connectivity index (χ0) is 17.1. The van der Waals surface area contributed by atoms with Crippen LogP contribution >= 0.6 is 0 Å². The molecule has 0 N–H and O–H groups in total. The number of aromatic nitrogens is 1. The summed E-state index contributed by atoms with van der Waals surface area (Å²) in [6, 6.07) is 3.36. The molecule has 3 rings (SSSR count). The molecular formula is C18H26N4O2. The maximum absolute atomic E-state index is 12.7. The van der Waals surface area contributed by atoms with E-state index < -0.39 is 0 Å². The van der Waals surface area contributed by atoms with Gasteiger partial charge in [-0.05, 0) is 37.9 Å². The molecule has 0 aromatic carbocycles. The topological polar surface area (TPSA) is 56.8 Å². The van der Waals surface area contributed by atoms with Crippen LogP contribution in [0.4, 0.5) is 0 Å². The molecule has 24 heavy (non-hydrogen) atoms. The summed E-state index contributed by atoms with van der Waals surface area (Å²) >= 11 is 0. The van der Waals surface area contributed by atoms with Crippen LogP contribution in [0.5, 0.6) is 0 Å². The van der Waals surface area contributed by atoms with Crippen molar-refractivity contribution in [1.82, 2.24) is 19.7 Å². The fraction of sp³-hybridized carbons (Fsp3) is 0.611. The van der Waals surface area contributed by atoms with Gasteiger partial charge in [0, 0.05) is 51.0 Å². The first-order valence-corrected chi connectivity index (χ1v) is 8.78. The minimum Gasteiger partial charge on any atom is -0.337 e. The molecule has 0 spiro atoms. The van der Waals surface area contributed by atoms with E-state index in [1.165, 1.54) is 0 Å². The first kappa shape index (κ1) is 16.9. The van der Waals surface area contributed by atoms with Gasteiger partial charge in [-0.2, -0.15) is 0 Å². The van der Waals surface area contributed by atoms with E-state index in [1.54, 1.807) is 18.3 Å². The van der Waals surface area contributed by atoms with Crippen LogP contribution in [0.1, 0.15) is 40.6 Å². The lowest BCUT2D eigenvalue weighted by Crippen LogP contribution is -2.47. The maximum Gasteiger partial charge on any atom is 0.272 e. The smallest absolute Gasteiger partial charge is 0.272 e. The summed E-state index contributed by atoms with van der Waals surface area (Å²) in [7, 11) is 2.06. The first-order chi connectivity index (χ1) is 11.5. The number of piperidine rings is 1. The van der Waals surface area contributed by atoms with Crippen LogP contribution < -0.4 is 0 Å². The number of hydrogen-bond acceptors (Lipinski definition) is 4. The van der Waals surface area contributed by atoms with E-state index in [0.717, 1.165) is 52.1 Å². The van der Waals surface area contributed by atoms with Crippen molar-refractivity contribution < 1.29 is 9.59 Å². The molecule has 2 saturated heterocycles. The molecule has 6 heteroatoms. The van der Waals surface area contributed by atoms with Crippen molar-refractivity contribution in [3.05, 3.63) is 29.6 Å². The van der Waals surface area contributed by atoms with Crippen LogP contribution in [-0.2, 0) is 0 Å². The fourth-order valence-electron chi connectivity index (χ4n) is 3.25. The third-order valence-corrected chi connectivity index (χ3v) is 5.09. The summed E-state index contributed by atoms with van der Waals surface area (Å²) in [5.74, 6) is 0.605. The fourth-order valence-corrected chi connectivity index (χ4v) is 3.25. The number of pyridine rings is 1. The van der Waals surface area contributed by atoms with Crippen molar-refractivity contribution in [2.75, 3.05) is 46.3 Å². The second kappa shape index (κ2) is 7.30. The standard InChI is InChI=1S/C18H26N4O2/c1-14-4-7-21(8-5-14)18(24)16-13-15(3-6-19-16)17(23)22-11-9-20(2)10-12-22/h3,6,13-14H,4-5,7-12H2,1-2H3. The molecule has 0 atom stereocenters. The van der Waals surface area contributed by atoms with Gasteiger partial charge in [-0.15, -0.1) is 0 Å². The summed E-state index contributed by atoms with van der Waals surface area (Å²) in [5.41, 5.74) is 0.938. The van der Waals surface area contributed by atoms with E-state index in [-0.39, 0.29) is 11.8 Å². The predicted molar refractivity (Wildman–Crippen MR) is 91.9 cm³/mol. The van der Waals surface area contributed by atoms with Crippen molar-refractivity contribution in [3.8, 4) is 0 Å². The lowest BCUT2D eigenvalue weighted by molar-refractivity contribution is 0.0663. The molecule has 2 aliphatic heterocycles. The third-order valence-electron chi connectivity index (χ3n) is 5.09. The van der Waals surface area contributed by atoms with E-state index in [4.69, 9.17) is 0 Å². The number of piperazine rings is 1. The van der Waals surface area contributed by atoms with Gasteiger partial charge in [-0.1, -0.05) is 6.92 Å². The predicted octanol–water partition coefficient (Wildman–Crippen LogP) is 1.34. The van der Waals surface area contributed by atoms with Gasteiger partial charge in [0.15, 0.2) is 0 Å². The van der Waals surface area contributed by atoms with Crippen LogP contribution in [-0.4, -0.2) is 77.8 Å². The van der Waals surface area contributed by atoms with Gasteiger partial charge in [0.2, 0.25) is 0 Å². The van der Waals surface area contributed by atoms with Crippen LogP contribution in [0, 0.1) is 5.92 Å². The molecule has 1 aromatic heterocycles. The Hall–Kier alpha value is -1.95. The van der Waals surface area contributed by atoms with Crippen LogP contribution in [0.3, 0.4) is 0 Å². The summed E-state index contributed by atoms with van der Waals surface area (Å²) < 4.78 is 0. The molecule has 130 valence electrons. The van der Waals surface area contributed by atoms with Gasteiger partial charge < -0.3 is 14.7 Å². The lowest BCUT2D eigenvalue weighted by atomic mass is 9.99. The number of likely N-dealkylation sites (tertiary alicyclic amines) is 1. The average Bonchev–Trinajstić information content (AvgIpc) is 2.62. The van der Waals surface area contributed by atoms with Crippen LogP contribution in [0.15, 0.2) is 18.3 Å².